The van der Waals surface area contributed by atoms with Crippen LogP contribution in [0.5, 0.6) is 0 Å². The second kappa shape index (κ2) is 6.51. The predicted octanol–water partition coefficient (Wildman–Crippen LogP) is 3.86. The lowest BCUT2D eigenvalue weighted by Crippen LogP contribution is -2.44. The van der Waals surface area contributed by atoms with E-state index in [4.69, 9.17) is 5.73 Å². The average molecular weight is 334 g/mol. The summed E-state index contributed by atoms with van der Waals surface area (Å²) in [6.45, 7) is 6.17. The van der Waals surface area contributed by atoms with Crippen molar-refractivity contribution in [1.29, 1.82) is 0 Å². The molecule has 1 aliphatic rings. The van der Waals surface area contributed by atoms with Gasteiger partial charge in [-0.05, 0) is 44.9 Å². The van der Waals surface area contributed by atoms with Crippen LogP contribution in [0.25, 0.3) is 5.70 Å². The molecule has 2 aromatic rings. The highest BCUT2D eigenvalue weighted by Crippen LogP contribution is 2.32. The first-order valence-corrected chi connectivity index (χ1v) is 8.25. The van der Waals surface area contributed by atoms with Crippen LogP contribution in [0.2, 0.25) is 0 Å². The molecule has 0 aromatic heterocycles. The van der Waals surface area contributed by atoms with Gasteiger partial charge in [0.15, 0.2) is 5.70 Å². The number of carbonyl (C=O) groups is 1. The van der Waals surface area contributed by atoms with Crippen LogP contribution in [0.4, 0.5) is 5.69 Å². The predicted molar refractivity (Wildman–Crippen MR) is 99.2 cm³/mol. The molecule has 2 aromatic carbocycles. The minimum atomic E-state index is -0.606. The van der Waals surface area contributed by atoms with Crippen molar-refractivity contribution in [3.63, 3.8) is 0 Å². The summed E-state index contributed by atoms with van der Waals surface area (Å²) in [7, 11) is 0. The lowest BCUT2D eigenvalue weighted by atomic mass is 9.85. The maximum Gasteiger partial charge on any atom is 0.271 e. The van der Waals surface area contributed by atoms with Crippen LogP contribution in [-0.4, -0.2) is 11.4 Å². The summed E-state index contributed by atoms with van der Waals surface area (Å²) in [6.07, 6.45) is 0.855. The zero-order chi connectivity index (χ0) is 18.0. The molecule has 0 saturated carbocycles. The first-order valence-electron chi connectivity index (χ1n) is 8.25. The number of fused-ring (bicyclic) bond motifs is 1. The first-order chi connectivity index (χ1) is 11.9. The van der Waals surface area contributed by atoms with Crippen molar-refractivity contribution in [2.45, 2.75) is 32.7 Å². The number of nitrogens with two attached hydrogens (primary N) is 1. The van der Waals surface area contributed by atoms with E-state index in [0.29, 0.717) is 11.4 Å². The van der Waals surface area contributed by atoms with E-state index in [-0.39, 0.29) is 11.2 Å². The van der Waals surface area contributed by atoms with E-state index >= 15 is 0 Å². The molecule has 0 saturated heterocycles. The highest BCUT2D eigenvalue weighted by molar-refractivity contribution is 6.00. The average Bonchev–Trinajstić information content (AvgIpc) is 2.55. The molecule has 3 rings (SSSR count). The van der Waals surface area contributed by atoms with Gasteiger partial charge in [-0.3, -0.25) is 4.79 Å². The molecule has 3 N–H and O–H groups in total. The van der Waals surface area contributed by atoms with Gasteiger partial charge in [0.05, 0.1) is 11.4 Å². The summed E-state index contributed by atoms with van der Waals surface area (Å²) < 4.78 is 0. The van der Waals surface area contributed by atoms with E-state index in [2.05, 4.69) is 35.5 Å². The van der Waals surface area contributed by atoms with Crippen LogP contribution >= 0.6 is 0 Å². The molecule has 5 nitrogen and oxygen atoms in total. The Labute approximate surface area is 147 Å². The molecule has 1 amide bonds. The Morgan fingerprint density at radius 2 is 1.80 bits per heavy atom. The fraction of sp³-hybridized carbons (Fsp3) is 0.250. The smallest absolute Gasteiger partial charge is 0.271 e. The van der Waals surface area contributed by atoms with E-state index in [1.807, 2.05) is 49.4 Å². The van der Waals surface area contributed by atoms with Gasteiger partial charge in [0.2, 0.25) is 0 Å². The van der Waals surface area contributed by atoms with Crippen LogP contribution in [0.15, 0.2) is 64.5 Å². The van der Waals surface area contributed by atoms with Crippen molar-refractivity contribution in [3.05, 3.63) is 70.9 Å². The number of benzene rings is 2. The maximum atomic E-state index is 12.1. The second-order valence-electron chi connectivity index (χ2n) is 6.97. The van der Waals surface area contributed by atoms with Gasteiger partial charge in [0, 0.05) is 11.1 Å². The first kappa shape index (κ1) is 16.9. The van der Waals surface area contributed by atoms with Crippen LogP contribution in [0.3, 0.4) is 0 Å². The molecule has 0 radical (unpaired) electrons. The third-order valence-electron chi connectivity index (χ3n) is 4.15. The van der Waals surface area contributed by atoms with Gasteiger partial charge in [-0.25, -0.2) is 0 Å². The number of azo groups is 1. The fourth-order valence-corrected chi connectivity index (χ4v) is 2.97. The van der Waals surface area contributed by atoms with Crippen molar-refractivity contribution >= 4 is 17.3 Å². The molecule has 0 fully saturated rings. The third-order valence-corrected chi connectivity index (χ3v) is 4.15. The van der Waals surface area contributed by atoms with Gasteiger partial charge < -0.3 is 11.1 Å². The molecule has 1 heterocycles. The van der Waals surface area contributed by atoms with Crippen molar-refractivity contribution in [2.24, 2.45) is 16.0 Å². The normalized spacial score (nSPS) is 17.7. The molecule has 128 valence electrons. The number of hydrogen-bond acceptors (Lipinski definition) is 4. The SMILES string of the molecule is Cc1ccc(N=NC(C(N)=O)=C2NC(C)(C)Cc3ccccc32)cc1. The summed E-state index contributed by atoms with van der Waals surface area (Å²) in [5, 5.41) is 11.8. The Morgan fingerprint density at radius 1 is 1.12 bits per heavy atom. The van der Waals surface area contributed by atoms with Gasteiger partial charge in [0.1, 0.15) is 0 Å². The van der Waals surface area contributed by atoms with E-state index in [1.54, 1.807) is 0 Å². The minimum Gasteiger partial charge on any atom is -0.377 e. The highest BCUT2D eigenvalue weighted by atomic mass is 16.1. The number of carbonyl (C=O) groups excluding carboxylic acids is 1. The molecule has 0 bridgehead atoms. The molecule has 0 unspecified atom stereocenters. The van der Waals surface area contributed by atoms with E-state index in [9.17, 15) is 4.79 Å². The van der Waals surface area contributed by atoms with Gasteiger partial charge >= 0.3 is 0 Å². The third kappa shape index (κ3) is 3.76. The quantitative estimate of drug-likeness (QED) is 0.660. The monoisotopic (exact) mass is 334 g/mol. The number of nitrogens with one attached hydrogen (secondary N) is 1. The standard InChI is InChI=1S/C20H22N4O/c1-13-8-10-15(11-9-13)23-24-18(19(21)25)17-16-7-5-4-6-14(16)12-20(2,3)22-17/h4-11,22H,12H2,1-3H3,(H2,21,25). The van der Waals surface area contributed by atoms with Gasteiger partial charge in [0.25, 0.3) is 5.91 Å². The van der Waals surface area contributed by atoms with Gasteiger partial charge in [-0.2, -0.15) is 5.11 Å². The Morgan fingerprint density at radius 3 is 2.48 bits per heavy atom. The fourth-order valence-electron chi connectivity index (χ4n) is 2.97. The maximum absolute atomic E-state index is 12.1. The second-order valence-corrected chi connectivity index (χ2v) is 6.97. The Kier molecular flexibility index (Phi) is 4.40. The lowest BCUT2D eigenvalue weighted by Gasteiger charge is -2.35. The molecule has 0 atom stereocenters. The highest BCUT2D eigenvalue weighted by Gasteiger charge is 2.30. The molecule has 25 heavy (non-hydrogen) atoms. The van der Waals surface area contributed by atoms with Crippen LogP contribution in [0, 0.1) is 6.92 Å². The zero-order valence-electron chi connectivity index (χ0n) is 14.7. The summed E-state index contributed by atoms with van der Waals surface area (Å²) in [5.74, 6) is -0.606. The topological polar surface area (TPSA) is 79.8 Å². The number of primary amides is 1. The Bertz CT molecular complexity index is 864. The Hall–Kier alpha value is -2.95. The van der Waals surface area contributed by atoms with Crippen molar-refractivity contribution < 1.29 is 4.79 Å². The summed E-state index contributed by atoms with van der Waals surface area (Å²) in [4.78, 5) is 12.1. The minimum absolute atomic E-state index is 0.140. The summed E-state index contributed by atoms with van der Waals surface area (Å²) >= 11 is 0. The summed E-state index contributed by atoms with van der Waals surface area (Å²) in [5.41, 5.74) is 10.1. The lowest BCUT2D eigenvalue weighted by molar-refractivity contribution is -0.114. The number of nitrogens with zero attached hydrogens (tertiary/aromatic N) is 2. The van der Waals surface area contributed by atoms with Gasteiger partial charge in [-0.1, -0.05) is 42.0 Å². The molecule has 1 aliphatic heterocycles. The van der Waals surface area contributed by atoms with Crippen molar-refractivity contribution in [2.75, 3.05) is 0 Å². The number of rotatable bonds is 3. The largest absolute Gasteiger partial charge is 0.377 e. The number of amides is 1. The van der Waals surface area contributed by atoms with Crippen LogP contribution in [0.1, 0.15) is 30.5 Å². The Balaban J connectivity index is 2.09. The van der Waals surface area contributed by atoms with E-state index in [1.165, 1.54) is 0 Å². The molecule has 5 heteroatoms. The summed E-state index contributed by atoms with van der Waals surface area (Å²) in [6, 6.07) is 15.6. The van der Waals surface area contributed by atoms with Crippen molar-refractivity contribution in [3.8, 4) is 0 Å². The van der Waals surface area contributed by atoms with E-state index in [0.717, 1.165) is 23.1 Å². The number of hydrogen-bond donors (Lipinski definition) is 2. The molecular formula is C20H22N4O. The molecule has 0 aliphatic carbocycles. The van der Waals surface area contributed by atoms with Crippen molar-refractivity contribution in [1.82, 2.24) is 5.32 Å². The molecule has 0 spiro atoms. The molecular weight excluding hydrogens is 312 g/mol. The zero-order valence-corrected chi connectivity index (χ0v) is 14.7. The van der Waals surface area contributed by atoms with Gasteiger partial charge in [-0.15, -0.1) is 5.11 Å². The van der Waals surface area contributed by atoms with Crippen LogP contribution < -0.4 is 11.1 Å². The number of aryl methyl sites for hydroxylation is 1. The van der Waals surface area contributed by atoms with Crippen LogP contribution in [-0.2, 0) is 11.2 Å². The van der Waals surface area contributed by atoms with E-state index < -0.39 is 5.91 Å².